The van der Waals surface area contributed by atoms with Crippen LogP contribution in [0.4, 0.5) is 5.69 Å². The summed E-state index contributed by atoms with van der Waals surface area (Å²) in [5.74, 6) is -0.120. The molecule has 1 aromatic carbocycles. The van der Waals surface area contributed by atoms with Gasteiger partial charge in [-0.15, -0.1) is 0 Å². The molecule has 0 unspecified atom stereocenters. The molecule has 0 aliphatic rings. The standard InChI is InChI=1S/C17H20N2O2S/c1-2-13-5-7-15(8-6-13)19-16(20)4-3-10-18-17(21)14-9-11-22-12-14/h5-9,11-12H,2-4,10H2,1H3,(H,18,21)(H,19,20). The van der Waals surface area contributed by atoms with Gasteiger partial charge < -0.3 is 10.6 Å². The molecule has 0 saturated carbocycles. The molecule has 0 radical (unpaired) electrons. The second-order valence-corrected chi connectivity index (χ2v) is 5.75. The number of amides is 2. The average Bonchev–Trinajstić information content (AvgIpc) is 3.06. The number of anilines is 1. The molecule has 2 amide bonds. The van der Waals surface area contributed by atoms with Crippen molar-refractivity contribution in [2.24, 2.45) is 0 Å². The lowest BCUT2D eigenvalue weighted by atomic mass is 10.1. The number of aryl methyl sites for hydroxylation is 1. The van der Waals surface area contributed by atoms with E-state index in [1.807, 2.05) is 35.0 Å². The Hall–Kier alpha value is -2.14. The highest BCUT2D eigenvalue weighted by atomic mass is 32.1. The predicted octanol–water partition coefficient (Wildman–Crippen LogP) is 3.46. The molecule has 4 nitrogen and oxygen atoms in total. The lowest BCUT2D eigenvalue weighted by Gasteiger charge is -2.07. The van der Waals surface area contributed by atoms with Crippen LogP contribution in [0.1, 0.15) is 35.7 Å². The fraction of sp³-hybridized carbons (Fsp3) is 0.294. The third kappa shape index (κ3) is 5.00. The van der Waals surface area contributed by atoms with Gasteiger partial charge in [-0.1, -0.05) is 19.1 Å². The summed E-state index contributed by atoms with van der Waals surface area (Å²) in [5, 5.41) is 9.34. The molecule has 0 aliphatic heterocycles. The minimum absolute atomic E-state index is 0.0333. The van der Waals surface area contributed by atoms with Gasteiger partial charge in [0.25, 0.3) is 5.91 Å². The molecule has 2 aromatic rings. The number of hydrogen-bond acceptors (Lipinski definition) is 3. The van der Waals surface area contributed by atoms with E-state index >= 15 is 0 Å². The second-order valence-electron chi connectivity index (χ2n) is 4.97. The smallest absolute Gasteiger partial charge is 0.252 e. The summed E-state index contributed by atoms with van der Waals surface area (Å²) in [6, 6.07) is 9.63. The zero-order valence-corrected chi connectivity index (χ0v) is 13.4. The molecule has 5 heteroatoms. The van der Waals surface area contributed by atoms with E-state index in [0.29, 0.717) is 24.9 Å². The first kappa shape index (κ1) is 16.2. The molecule has 116 valence electrons. The van der Waals surface area contributed by atoms with Crippen LogP contribution in [-0.2, 0) is 11.2 Å². The summed E-state index contributed by atoms with van der Waals surface area (Å²) in [6.07, 6.45) is 1.99. The van der Waals surface area contributed by atoms with Crippen LogP contribution in [0.25, 0.3) is 0 Å². The molecule has 0 fully saturated rings. The van der Waals surface area contributed by atoms with E-state index < -0.39 is 0 Å². The summed E-state index contributed by atoms with van der Waals surface area (Å²) in [7, 11) is 0. The molecular weight excluding hydrogens is 296 g/mol. The molecule has 22 heavy (non-hydrogen) atoms. The third-order valence-electron chi connectivity index (χ3n) is 3.30. The minimum Gasteiger partial charge on any atom is -0.352 e. The second kappa shape index (κ2) is 8.34. The van der Waals surface area contributed by atoms with Crippen LogP contribution in [0.5, 0.6) is 0 Å². The predicted molar refractivity (Wildman–Crippen MR) is 90.3 cm³/mol. The van der Waals surface area contributed by atoms with Gasteiger partial charge >= 0.3 is 0 Å². The van der Waals surface area contributed by atoms with Crippen LogP contribution in [-0.4, -0.2) is 18.4 Å². The largest absolute Gasteiger partial charge is 0.352 e. The molecule has 1 heterocycles. The zero-order chi connectivity index (χ0) is 15.8. The van der Waals surface area contributed by atoms with Crippen molar-refractivity contribution in [3.8, 4) is 0 Å². The summed E-state index contributed by atoms with van der Waals surface area (Å²) < 4.78 is 0. The maximum Gasteiger partial charge on any atom is 0.252 e. The Morgan fingerprint density at radius 2 is 1.91 bits per heavy atom. The number of nitrogens with one attached hydrogen (secondary N) is 2. The Morgan fingerprint density at radius 3 is 2.55 bits per heavy atom. The average molecular weight is 316 g/mol. The van der Waals surface area contributed by atoms with Gasteiger partial charge in [0.05, 0.1) is 0 Å². The lowest BCUT2D eigenvalue weighted by Crippen LogP contribution is -2.25. The summed E-state index contributed by atoms with van der Waals surface area (Å²) in [6.45, 7) is 2.59. The van der Waals surface area contributed by atoms with E-state index in [4.69, 9.17) is 0 Å². The zero-order valence-electron chi connectivity index (χ0n) is 12.6. The number of rotatable bonds is 7. The highest BCUT2D eigenvalue weighted by Gasteiger charge is 2.06. The monoisotopic (exact) mass is 316 g/mol. The summed E-state index contributed by atoms with van der Waals surface area (Å²) >= 11 is 1.49. The number of benzene rings is 1. The van der Waals surface area contributed by atoms with Crippen LogP contribution in [0.3, 0.4) is 0 Å². The van der Waals surface area contributed by atoms with Crippen LogP contribution in [0.2, 0.25) is 0 Å². The topological polar surface area (TPSA) is 58.2 Å². The fourth-order valence-electron chi connectivity index (χ4n) is 1.99. The number of hydrogen-bond donors (Lipinski definition) is 2. The first-order valence-electron chi connectivity index (χ1n) is 7.38. The lowest BCUT2D eigenvalue weighted by molar-refractivity contribution is -0.116. The minimum atomic E-state index is -0.0863. The maximum atomic E-state index is 11.8. The molecule has 1 aromatic heterocycles. The van der Waals surface area contributed by atoms with Gasteiger partial charge in [-0.2, -0.15) is 11.3 Å². The summed E-state index contributed by atoms with van der Waals surface area (Å²) in [5.41, 5.74) is 2.73. The molecular formula is C17H20N2O2S. The van der Waals surface area contributed by atoms with Crippen molar-refractivity contribution in [1.82, 2.24) is 5.32 Å². The molecule has 0 saturated heterocycles. The summed E-state index contributed by atoms with van der Waals surface area (Å²) in [4.78, 5) is 23.5. The molecule has 0 atom stereocenters. The third-order valence-corrected chi connectivity index (χ3v) is 3.98. The Labute approximate surface area is 134 Å². The SMILES string of the molecule is CCc1ccc(NC(=O)CCCNC(=O)c2ccsc2)cc1. The molecule has 2 N–H and O–H groups in total. The number of carbonyl (C=O) groups is 2. The van der Waals surface area contributed by atoms with Crippen molar-refractivity contribution in [3.63, 3.8) is 0 Å². The van der Waals surface area contributed by atoms with Gasteiger partial charge in [-0.05, 0) is 42.0 Å². The van der Waals surface area contributed by atoms with Crippen molar-refractivity contribution >= 4 is 28.8 Å². The normalized spacial score (nSPS) is 10.2. The van der Waals surface area contributed by atoms with Gasteiger partial charge in [-0.3, -0.25) is 9.59 Å². The van der Waals surface area contributed by atoms with Gasteiger partial charge in [0.2, 0.25) is 5.91 Å². The van der Waals surface area contributed by atoms with Crippen LogP contribution in [0.15, 0.2) is 41.1 Å². The Balaban J connectivity index is 1.66. The van der Waals surface area contributed by atoms with Gasteiger partial charge in [0, 0.05) is 29.6 Å². The van der Waals surface area contributed by atoms with Gasteiger partial charge in [0.1, 0.15) is 0 Å². The van der Waals surface area contributed by atoms with Crippen molar-refractivity contribution in [1.29, 1.82) is 0 Å². The molecule has 0 bridgehead atoms. The fourth-order valence-corrected chi connectivity index (χ4v) is 2.63. The number of thiophene rings is 1. The highest BCUT2D eigenvalue weighted by molar-refractivity contribution is 7.08. The van der Waals surface area contributed by atoms with E-state index in [1.165, 1.54) is 16.9 Å². The van der Waals surface area contributed by atoms with Crippen molar-refractivity contribution in [2.75, 3.05) is 11.9 Å². The van der Waals surface area contributed by atoms with E-state index in [0.717, 1.165) is 12.1 Å². The number of carbonyl (C=O) groups excluding carboxylic acids is 2. The Bertz CT molecular complexity index is 606. The Morgan fingerprint density at radius 1 is 1.14 bits per heavy atom. The van der Waals surface area contributed by atoms with Crippen LogP contribution in [0, 0.1) is 0 Å². The van der Waals surface area contributed by atoms with Gasteiger partial charge in [0.15, 0.2) is 0 Å². The van der Waals surface area contributed by atoms with E-state index in [2.05, 4.69) is 17.6 Å². The highest BCUT2D eigenvalue weighted by Crippen LogP contribution is 2.10. The van der Waals surface area contributed by atoms with Gasteiger partial charge in [-0.25, -0.2) is 0 Å². The van der Waals surface area contributed by atoms with Crippen molar-refractivity contribution in [3.05, 3.63) is 52.2 Å². The molecule has 0 spiro atoms. The van der Waals surface area contributed by atoms with Crippen LogP contribution < -0.4 is 10.6 Å². The Kier molecular flexibility index (Phi) is 6.15. The van der Waals surface area contributed by atoms with Crippen LogP contribution >= 0.6 is 11.3 Å². The molecule has 0 aliphatic carbocycles. The van der Waals surface area contributed by atoms with Crippen molar-refractivity contribution in [2.45, 2.75) is 26.2 Å². The first-order valence-corrected chi connectivity index (χ1v) is 8.32. The maximum absolute atomic E-state index is 11.8. The first-order chi connectivity index (χ1) is 10.7. The van der Waals surface area contributed by atoms with E-state index in [-0.39, 0.29) is 11.8 Å². The van der Waals surface area contributed by atoms with E-state index in [9.17, 15) is 9.59 Å². The van der Waals surface area contributed by atoms with E-state index in [1.54, 1.807) is 6.07 Å². The molecule has 2 rings (SSSR count). The quantitative estimate of drug-likeness (QED) is 0.769. The van der Waals surface area contributed by atoms with Crippen molar-refractivity contribution < 1.29 is 9.59 Å².